The molecule has 1 aromatic rings. The van der Waals surface area contributed by atoms with Gasteiger partial charge >= 0.3 is 0 Å². The molecule has 0 saturated heterocycles. The second-order valence-corrected chi connectivity index (χ2v) is 6.91. The Morgan fingerprint density at radius 1 is 1.25 bits per heavy atom. The molecule has 1 aromatic heterocycles. The van der Waals surface area contributed by atoms with Crippen LogP contribution in [0.3, 0.4) is 0 Å². The van der Waals surface area contributed by atoms with E-state index in [1.54, 1.807) is 11.3 Å². The Kier molecular flexibility index (Phi) is 4.13. The average Bonchev–Trinajstić information content (AvgIpc) is 2.63. The summed E-state index contributed by atoms with van der Waals surface area (Å²) in [5.74, 6) is 0. The van der Waals surface area contributed by atoms with E-state index in [1.165, 1.54) is 10.7 Å². The summed E-state index contributed by atoms with van der Waals surface area (Å²) in [4.78, 5) is 4.67. The van der Waals surface area contributed by atoms with Gasteiger partial charge in [0.05, 0.1) is 5.69 Å². The largest absolute Gasteiger partial charge is 0.305 e. The predicted molar refractivity (Wildman–Crippen MR) is 72.0 cm³/mol. The van der Waals surface area contributed by atoms with Crippen LogP contribution in [0.4, 0.5) is 0 Å². The first-order valence-corrected chi connectivity index (χ1v) is 6.82. The van der Waals surface area contributed by atoms with Crippen molar-refractivity contribution in [2.24, 2.45) is 0 Å². The lowest BCUT2D eigenvalue weighted by molar-refractivity contribution is 0.374. The standard InChI is InChI=1S/C13H24N2S/c1-7-13(5,6)14-8-11-15-10(9-16-11)12(2,3)4/h9,14H,7-8H2,1-6H3. The quantitative estimate of drug-likeness (QED) is 0.867. The summed E-state index contributed by atoms with van der Waals surface area (Å²) in [7, 11) is 0. The van der Waals surface area contributed by atoms with Crippen molar-refractivity contribution in [3.05, 3.63) is 16.1 Å². The summed E-state index contributed by atoms with van der Waals surface area (Å²) in [5.41, 5.74) is 1.56. The van der Waals surface area contributed by atoms with Crippen molar-refractivity contribution in [1.29, 1.82) is 0 Å². The van der Waals surface area contributed by atoms with Gasteiger partial charge in [-0.25, -0.2) is 4.98 Å². The van der Waals surface area contributed by atoms with Gasteiger partial charge in [-0.3, -0.25) is 0 Å². The lowest BCUT2D eigenvalue weighted by Gasteiger charge is -2.23. The zero-order valence-electron chi connectivity index (χ0n) is 11.3. The fourth-order valence-corrected chi connectivity index (χ4v) is 2.14. The molecule has 0 fully saturated rings. The minimum Gasteiger partial charge on any atom is -0.305 e. The Morgan fingerprint density at radius 3 is 2.31 bits per heavy atom. The molecule has 0 bridgehead atoms. The topological polar surface area (TPSA) is 24.9 Å². The maximum Gasteiger partial charge on any atom is 0.107 e. The Labute approximate surface area is 103 Å². The molecule has 92 valence electrons. The molecule has 0 atom stereocenters. The summed E-state index contributed by atoms with van der Waals surface area (Å²) in [5, 5.41) is 6.90. The Hall–Kier alpha value is -0.410. The third-order valence-corrected chi connectivity index (χ3v) is 3.77. The van der Waals surface area contributed by atoms with Gasteiger partial charge in [-0.15, -0.1) is 11.3 Å². The molecule has 0 amide bonds. The van der Waals surface area contributed by atoms with Crippen LogP contribution >= 0.6 is 11.3 Å². The molecule has 0 aliphatic rings. The molecule has 0 aliphatic heterocycles. The summed E-state index contributed by atoms with van der Waals surface area (Å²) in [6.45, 7) is 14.1. The molecule has 0 radical (unpaired) electrons. The normalized spacial score (nSPS) is 13.1. The van der Waals surface area contributed by atoms with E-state index in [4.69, 9.17) is 0 Å². The smallest absolute Gasteiger partial charge is 0.107 e. The summed E-state index contributed by atoms with van der Waals surface area (Å²) in [6, 6.07) is 0. The minimum absolute atomic E-state index is 0.162. The van der Waals surface area contributed by atoms with Gasteiger partial charge in [0.25, 0.3) is 0 Å². The van der Waals surface area contributed by atoms with Crippen molar-refractivity contribution < 1.29 is 0 Å². The molecule has 0 saturated carbocycles. The van der Waals surface area contributed by atoms with Crippen LogP contribution in [0.15, 0.2) is 5.38 Å². The zero-order valence-corrected chi connectivity index (χ0v) is 12.2. The van der Waals surface area contributed by atoms with E-state index in [-0.39, 0.29) is 11.0 Å². The Bertz CT molecular complexity index is 334. The molecule has 3 heteroatoms. The molecular formula is C13H24N2S. The molecule has 1 rings (SSSR count). The zero-order chi connectivity index (χ0) is 12.4. The van der Waals surface area contributed by atoms with E-state index in [0.717, 1.165) is 13.0 Å². The predicted octanol–water partition coefficient (Wildman–Crippen LogP) is 3.72. The van der Waals surface area contributed by atoms with Crippen LogP contribution in [0.2, 0.25) is 0 Å². The highest BCUT2D eigenvalue weighted by atomic mass is 32.1. The van der Waals surface area contributed by atoms with Gasteiger partial charge in [-0.05, 0) is 20.3 Å². The lowest BCUT2D eigenvalue weighted by Crippen LogP contribution is -2.37. The fraction of sp³-hybridized carbons (Fsp3) is 0.769. The molecule has 16 heavy (non-hydrogen) atoms. The van der Waals surface area contributed by atoms with Gasteiger partial charge in [0, 0.05) is 22.9 Å². The summed E-state index contributed by atoms with van der Waals surface area (Å²) >= 11 is 1.75. The number of hydrogen-bond acceptors (Lipinski definition) is 3. The van der Waals surface area contributed by atoms with Crippen molar-refractivity contribution in [1.82, 2.24) is 10.3 Å². The van der Waals surface area contributed by atoms with Crippen molar-refractivity contribution in [3.63, 3.8) is 0 Å². The highest BCUT2D eigenvalue weighted by molar-refractivity contribution is 7.09. The van der Waals surface area contributed by atoms with Crippen molar-refractivity contribution in [2.45, 2.75) is 65.5 Å². The van der Waals surface area contributed by atoms with Crippen LogP contribution in [-0.2, 0) is 12.0 Å². The van der Waals surface area contributed by atoms with Crippen LogP contribution in [0.1, 0.15) is 58.7 Å². The van der Waals surface area contributed by atoms with Gasteiger partial charge in [-0.2, -0.15) is 0 Å². The Morgan fingerprint density at radius 2 is 1.88 bits per heavy atom. The highest BCUT2D eigenvalue weighted by Gasteiger charge is 2.18. The first-order chi connectivity index (χ1) is 7.24. The van der Waals surface area contributed by atoms with E-state index in [1.807, 2.05) is 0 Å². The van der Waals surface area contributed by atoms with E-state index in [9.17, 15) is 0 Å². The van der Waals surface area contributed by atoms with E-state index in [0.29, 0.717) is 0 Å². The van der Waals surface area contributed by atoms with Crippen LogP contribution in [-0.4, -0.2) is 10.5 Å². The van der Waals surface area contributed by atoms with E-state index >= 15 is 0 Å². The van der Waals surface area contributed by atoms with Gasteiger partial charge in [-0.1, -0.05) is 27.7 Å². The maximum absolute atomic E-state index is 4.67. The fourth-order valence-electron chi connectivity index (χ4n) is 1.18. The first kappa shape index (κ1) is 13.7. The van der Waals surface area contributed by atoms with Crippen LogP contribution in [0.25, 0.3) is 0 Å². The van der Waals surface area contributed by atoms with Gasteiger partial charge in [0.15, 0.2) is 0 Å². The van der Waals surface area contributed by atoms with Crippen molar-refractivity contribution in [3.8, 4) is 0 Å². The monoisotopic (exact) mass is 240 g/mol. The lowest BCUT2D eigenvalue weighted by atomic mass is 9.93. The van der Waals surface area contributed by atoms with Gasteiger partial charge in [0.1, 0.15) is 5.01 Å². The van der Waals surface area contributed by atoms with Crippen molar-refractivity contribution in [2.75, 3.05) is 0 Å². The summed E-state index contributed by atoms with van der Waals surface area (Å²) < 4.78 is 0. The van der Waals surface area contributed by atoms with Crippen molar-refractivity contribution >= 4 is 11.3 Å². The van der Waals surface area contributed by atoms with Crippen LogP contribution < -0.4 is 5.32 Å². The SMILES string of the molecule is CCC(C)(C)NCc1nc(C(C)(C)C)cs1. The number of aromatic nitrogens is 1. The Balaban J connectivity index is 2.60. The average molecular weight is 240 g/mol. The second-order valence-electron chi connectivity index (χ2n) is 5.97. The number of nitrogens with one attached hydrogen (secondary N) is 1. The minimum atomic E-state index is 0.162. The van der Waals surface area contributed by atoms with E-state index < -0.39 is 0 Å². The number of rotatable bonds is 4. The van der Waals surface area contributed by atoms with Crippen LogP contribution in [0, 0.1) is 0 Å². The third kappa shape index (κ3) is 3.87. The summed E-state index contributed by atoms with van der Waals surface area (Å²) in [6.07, 6.45) is 1.13. The molecular weight excluding hydrogens is 216 g/mol. The van der Waals surface area contributed by atoms with Crippen LogP contribution in [0.5, 0.6) is 0 Å². The number of hydrogen-bond donors (Lipinski definition) is 1. The van der Waals surface area contributed by atoms with Gasteiger partial charge in [0.2, 0.25) is 0 Å². The van der Waals surface area contributed by atoms with E-state index in [2.05, 4.69) is 57.2 Å². The second kappa shape index (κ2) is 4.84. The third-order valence-electron chi connectivity index (χ3n) is 2.92. The molecule has 0 aromatic carbocycles. The molecule has 1 heterocycles. The van der Waals surface area contributed by atoms with Gasteiger partial charge < -0.3 is 5.32 Å². The highest BCUT2D eigenvalue weighted by Crippen LogP contribution is 2.24. The first-order valence-electron chi connectivity index (χ1n) is 5.94. The number of thiazole rings is 1. The molecule has 2 nitrogen and oxygen atoms in total. The molecule has 1 N–H and O–H groups in total. The number of nitrogens with zero attached hydrogens (tertiary/aromatic N) is 1. The molecule has 0 unspecified atom stereocenters. The molecule has 0 spiro atoms. The molecule has 0 aliphatic carbocycles. The maximum atomic E-state index is 4.67.